The van der Waals surface area contributed by atoms with Crippen LogP contribution >= 0.6 is 0 Å². The average Bonchev–Trinajstić information content (AvgIpc) is 0.778. The predicted molar refractivity (Wildman–Crippen MR) is 331 cm³/mol. The quantitative estimate of drug-likeness (QED) is 0.0524. The van der Waals surface area contributed by atoms with Gasteiger partial charge >= 0.3 is 0 Å². The largest absolute Gasteiger partial charge is 0.382 e. The fourth-order valence-electron chi connectivity index (χ4n) is 14.8. The molecule has 37 heteroatoms. The summed E-state index contributed by atoms with van der Waals surface area (Å²) in [7, 11) is 29.8. The molecule has 0 aliphatic carbocycles. The van der Waals surface area contributed by atoms with E-state index < -0.39 is 215 Å². The minimum absolute atomic E-state index is 0.0494. The van der Waals surface area contributed by atoms with Crippen LogP contribution in [-0.2, 0) is 161 Å². The van der Waals surface area contributed by atoms with Crippen molar-refractivity contribution in [1.82, 2.24) is 0 Å². The van der Waals surface area contributed by atoms with E-state index in [1.165, 1.54) is 142 Å². The Kier molecular flexibility index (Phi) is 33.9. The molecule has 37 nitrogen and oxygen atoms in total. The van der Waals surface area contributed by atoms with Crippen LogP contribution in [-0.4, -0.2) is 403 Å². The zero-order valence-electron chi connectivity index (χ0n) is 60.4. The number of ether oxygens (including phenoxy) is 34. The van der Waals surface area contributed by atoms with Gasteiger partial charge in [-0.15, -0.1) is 0 Å². The van der Waals surface area contributed by atoms with Crippen molar-refractivity contribution < 1.29 is 161 Å². The second kappa shape index (κ2) is 40.6. The molecule has 0 saturated carbocycles. The number of rotatable bonds is 28. The molecule has 21 heterocycles. The molecule has 0 unspecified atom stereocenters. The zero-order valence-corrected chi connectivity index (χ0v) is 60.4. The highest BCUT2D eigenvalue weighted by Crippen LogP contribution is 2.43. The van der Waals surface area contributed by atoms with Crippen molar-refractivity contribution in [2.75, 3.05) is 188 Å². The van der Waals surface area contributed by atoms with Gasteiger partial charge in [-0.2, -0.15) is 0 Å². The third kappa shape index (κ3) is 18.2. The fraction of sp³-hybridized carbons (Fsp3) is 1.00. The van der Waals surface area contributed by atoms with Crippen LogP contribution in [0.5, 0.6) is 0 Å². The van der Waals surface area contributed by atoms with Gasteiger partial charge in [0, 0.05) is 147 Å². The van der Waals surface area contributed by atoms with E-state index in [1.807, 2.05) is 0 Å². The van der Waals surface area contributed by atoms with Gasteiger partial charge in [0.2, 0.25) is 0 Å². The molecule has 14 bridgehead atoms. The van der Waals surface area contributed by atoms with Gasteiger partial charge in [-0.3, -0.25) is 0 Å². The van der Waals surface area contributed by atoms with Gasteiger partial charge < -0.3 is 161 Å². The highest BCUT2D eigenvalue weighted by Gasteiger charge is 2.62. The molecule has 0 radical (unpaired) electrons. The molecule has 21 aliphatic rings. The van der Waals surface area contributed by atoms with Gasteiger partial charge in [-0.25, -0.2) is 0 Å². The summed E-state index contributed by atoms with van der Waals surface area (Å²) in [5, 5.41) is 3.95. The Morgan fingerprint density at radius 1 is 0.212 bits per heavy atom. The molecule has 35 atom stereocenters. The van der Waals surface area contributed by atoms with Crippen molar-refractivity contribution in [1.29, 1.82) is 0 Å². The van der Waals surface area contributed by atoms with Gasteiger partial charge in [0.15, 0.2) is 44.0 Å². The monoisotopic (exact) mass is 1440 g/mol. The summed E-state index contributed by atoms with van der Waals surface area (Å²) in [5.74, 6) is 0. The Morgan fingerprint density at radius 2 is 0.354 bits per heavy atom. The van der Waals surface area contributed by atoms with Crippen molar-refractivity contribution in [3.63, 3.8) is 0 Å². The average molecular weight is 1440 g/mol. The normalized spacial score (nSPS) is 45.6. The molecule has 0 spiro atoms. The van der Waals surface area contributed by atoms with Crippen molar-refractivity contribution in [2.45, 2.75) is 215 Å². The predicted octanol–water partition coefficient (Wildman–Crippen LogP) is -0.831. The highest BCUT2D eigenvalue weighted by atomic mass is 16.8. The van der Waals surface area contributed by atoms with Crippen molar-refractivity contribution in [3.05, 3.63) is 10.4 Å². The summed E-state index contributed by atoms with van der Waals surface area (Å²) < 4.78 is 220. The molecule has 21 fully saturated rings. The molecule has 21 saturated heterocycles. The van der Waals surface area contributed by atoms with Crippen LogP contribution in [0.4, 0.5) is 0 Å². The topological polar surface area (TPSA) is 363 Å². The zero-order chi connectivity index (χ0) is 71.6. The summed E-state index contributed by atoms with van der Waals surface area (Å²) in [4.78, 5) is 3.08. The number of hydrogen-bond donors (Lipinski definition) is 0. The Morgan fingerprint density at radius 3 is 0.485 bits per heavy atom. The standard InChI is InChI=1S/C62H109N3O34/c1-66-22-29-36-43(73-8)51(81-16)58(88-29)96-38-31(24-68-3)90-60(53(83-18)45(38)75-10)98-40-33(26-70-5)92-62(55(85-20)47(40)77-12)99-41-34(27-71-6)91-61(54(84-19)48(41)78-13)97-39-32(25-69-4)89-59(52(82-17)46(39)76-11)95-37-30(23-67-2)87-57(50(80-15)44(37)74-9)93-35-28(21-64-65-63)86-56(94-36)49(79-14)42(35)72-7/h28-62H,21-27H2,1-20H3/t28-,29+,30-,31+,32-,33+,34-,35+,36+,37+,38+,39+,40+,41+,42-,43-,44-,45-,46-,47-,48-,49+,50+,51-,52+,53-,54+,55+,56+,57+,58+,59+,60+,61+,62+/m0/s1. The molecular formula is C62H109N3O34. The Hall–Kier alpha value is -2.05. The van der Waals surface area contributed by atoms with Gasteiger partial charge in [0.05, 0.1) is 52.3 Å². The molecule has 0 aromatic carbocycles. The lowest BCUT2D eigenvalue weighted by molar-refractivity contribution is -0.402. The molecule has 0 amide bonds. The van der Waals surface area contributed by atoms with E-state index >= 15 is 0 Å². The third-order valence-electron chi connectivity index (χ3n) is 19.3. The number of nitrogens with zero attached hydrogens (tertiary/aromatic N) is 3. The minimum atomic E-state index is -1.32. The lowest BCUT2D eigenvalue weighted by atomic mass is 9.94. The molecule has 21 rings (SSSR count). The van der Waals surface area contributed by atoms with Crippen LogP contribution in [0.15, 0.2) is 5.11 Å². The van der Waals surface area contributed by atoms with Crippen LogP contribution in [0.1, 0.15) is 0 Å². The Bertz CT molecular complexity index is 2320. The highest BCUT2D eigenvalue weighted by molar-refractivity contribution is 5.04. The number of hydrogen-bond acceptors (Lipinski definition) is 35. The molecular weight excluding hydrogens is 1330 g/mol. The van der Waals surface area contributed by atoms with Crippen LogP contribution in [0.3, 0.4) is 0 Å². The summed E-state index contributed by atoms with van der Waals surface area (Å²) >= 11 is 0. The maximum atomic E-state index is 9.84. The third-order valence-corrected chi connectivity index (χ3v) is 19.3. The van der Waals surface area contributed by atoms with Gasteiger partial charge in [-0.05, 0) is 5.53 Å². The van der Waals surface area contributed by atoms with Crippen LogP contribution in [0.25, 0.3) is 10.4 Å². The fourth-order valence-corrected chi connectivity index (χ4v) is 14.8. The second-order valence-electron chi connectivity index (χ2n) is 24.5. The van der Waals surface area contributed by atoms with Gasteiger partial charge in [-0.1, -0.05) is 5.11 Å². The van der Waals surface area contributed by atoms with Crippen LogP contribution in [0.2, 0.25) is 0 Å². The molecule has 0 aromatic heterocycles. The van der Waals surface area contributed by atoms with Gasteiger partial charge in [0.25, 0.3) is 0 Å². The summed E-state index contributed by atoms with van der Waals surface area (Å²) in [6.45, 7) is -0.678. The van der Waals surface area contributed by atoms with Gasteiger partial charge in [0.1, 0.15) is 165 Å². The number of methoxy groups -OCH3 is 20. The molecule has 0 N–H and O–H groups in total. The minimum Gasteiger partial charge on any atom is -0.382 e. The first-order chi connectivity index (χ1) is 48.2. The van der Waals surface area contributed by atoms with E-state index in [-0.39, 0.29) is 46.2 Å². The Labute approximate surface area is 578 Å². The Balaban J connectivity index is 1.24. The molecule has 576 valence electrons. The summed E-state index contributed by atoms with van der Waals surface area (Å²) in [6.07, 6.45) is -37.4. The van der Waals surface area contributed by atoms with Crippen LogP contribution < -0.4 is 0 Å². The summed E-state index contributed by atoms with van der Waals surface area (Å²) in [6, 6.07) is 0. The lowest BCUT2D eigenvalue weighted by Crippen LogP contribution is -2.69. The van der Waals surface area contributed by atoms with E-state index in [1.54, 1.807) is 0 Å². The maximum absolute atomic E-state index is 9.84. The van der Waals surface area contributed by atoms with E-state index in [0.717, 1.165) is 0 Å². The first-order valence-electron chi connectivity index (χ1n) is 32.7. The van der Waals surface area contributed by atoms with E-state index in [0.29, 0.717) is 0 Å². The van der Waals surface area contributed by atoms with E-state index in [9.17, 15) is 5.53 Å². The first-order valence-corrected chi connectivity index (χ1v) is 32.7. The van der Waals surface area contributed by atoms with Crippen molar-refractivity contribution >= 4 is 0 Å². The smallest absolute Gasteiger partial charge is 0.187 e. The van der Waals surface area contributed by atoms with E-state index in [4.69, 9.17) is 161 Å². The second-order valence-corrected chi connectivity index (χ2v) is 24.5. The molecule has 0 aromatic rings. The summed E-state index contributed by atoms with van der Waals surface area (Å²) in [5.41, 5.74) is 9.84. The lowest BCUT2D eigenvalue weighted by Gasteiger charge is -2.52. The SMILES string of the molecule is COC[C@@H]1O[C@@H]2O[C@H]3[C@H](OC)[C@@H](OC)[C@@H](O[C@H]4[C@H](OC)[C@H](OC)[C@@H](O[C@H]5[C@H](OC)[C@H](OC)[C@@H](O[C@H]6[C@H](OC)[C@@H](OC)[C@@H](O[C@H]7[C@H](OC)[C@@H](OC)[C@@H](O[C@H]8[C@H](OC)[C@@H](OC)[C@@H](O[C@H]1[C@H](OC)[C@H]2OC)O[C@H]8COC)O[C@H]7COC)O[C@@H]6COC)O[C@@H]5COC)O[C@@H]4COC)O[C@H]3CN=[N+]=[N-]. The maximum Gasteiger partial charge on any atom is 0.187 e. The van der Waals surface area contributed by atoms with Crippen molar-refractivity contribution in [2.24, 2.45) is 5.11 Å². The molecule has 21 aliphatic heterocycles. The van der Waals surface area contributed by atoms with Crippen LogP contribution in [0, 0.1) is 0 Å². The van der Waals surface area contributed by atoms with Crippen molar-refractivity contribution in [3.8, 4) is 0 Å². The van der Waals surface area contributed by atoms with E-state index in [2.05, 4.69) is 10.0 Å². The first kappa shape index (κ1) is 82.6. The molecule has 99 heavy (non-hydrogen) atoms. The number of azide groups is 1.